The highest BCUT2D eigenvalue weighted by Crippen LogP contribution is 2.28. The summed E-state index contributed by atoms with van der Waals surface area (Å²) in [5.74, 6) is 1.30. The maximum absolute atomic E-state index is 5.98. The molecule has 0 aliphatic rings. The van der Waals surface area contributed by atoms with Gasteiger partial charge in [-0.25, -0.2) is 9.67 Å². The van der Waals surface area contributed by atoms with Gasteiger partial charge in [-0.3, -0.25) is 0 Å². The van der Waals surface area contributed by atoms with Crippen LogP contribution in [-0.2, 0) is 13.2 Å². The van der Waals surface area contributed by atoms with E-state index in [1.54, 1.807) is 22.9 Å². The van der Waals surface area contributed by atoms with Gasteiger partial charge >= 0.3 is 0 Å². The first-order valence-corrected chi connectivity index (χ1v) is 5.91. The third-order valence-electron chi connectivity index (χ3n) is 2.25. The molecular weight excluding hydrogens is 261 g/mol. The van der Waals surface area contributed by atoms with Gasteiger partial charge in [-0.1, -0.05) is 23.2 Å². The molecule has 2 aromatic rings. The van der Waals surface area contributed by atoms with Gasteiger partial charge in [0.25, 0.3) is 0 Å². The molecule has 6 heteroatoms. The SMILES string of the molecule is CCn1ncnc1COc1cc(Cl)ccc1Cl. The molecule has 1 heterocycles. The summed E-state index contributed by atoms with van der Waals surface area (Å²) in [4.78, 5) is 4.10. The first-order chi connectivity index (χ1) is 8.20. The van der Waals surface area contributed by atoms with E-state index in [-0.39, 0.29) is 0 Å². The predicted molar refractivity (Wildman–Crippen MR) is 66.5 cm³/mol. The van der Waals surface area contributed by atoms with Crippen LogP contribution in [0.15, 0.2) is 24.5 Å². The highest BCUT2D eigenvalue weighted by Gasteiger charge is 2.06. The standard InChI is InChI=1S/C11H11Cl2N3O/c1-2-16-11(14-7-15-16)6-17-10-5-8(12)3-4-9(10)13/h3-5,7H,2,6H2,1H3. The Morgan fingerprint density at radius 2 is 2.18 bits per heavy atom. The molecule has 0 bridgehead atoms. The molecule has 0 fully saturated rings. The lowest BCUT2D eigenvalue weighted by Crippen LogP contribution is -2.07. The van der Waals surface area contributed by atoms with Crippen molar-refractivity contribution in [1.29, 1.82) is 0 Å². The van der Waals surface area contributed by atoms with Crippen molar-refractivity contribution >= 4 is 23.2 Å². The molecule has 90 valence electrons. The van der Waals surface area contributed by atoms with Crippen molar-refractivity contribution in [2.75, 3.05) is 0 Å². The molecule has 1 aromatic carbocycles. The maximum atomic E-state index is 5.98. The van der Waals surface area contributed by atoms with Crippen molar-refractivity contribution in [3.8, 4) is 5.75 Å². The second-order valence-corrected chi connectivity index (χ2v) is 4.20. The molecule has 2 rings (SSSR count). The third kappa shape index (κ3) is 2.90. The monoisotopic (exact) mass is 271 g/mol. The average Bonchev–Trinajstić information content (AvgIpc) is 2.77. The van der Waals surface area contributed by atoms with Crippen LogP contribution in [0.25, 0.3) is 0 Å². The number of benzene rings is 1. The van der Waals surface area contributed by atoms with Gasteiger partial charge in [0.05, 0.1) is 5.02 Å². The summed E-state index contributed by atoms with van der Waals surface area (Å²) < 4.78 is 7.33. The second kappa shape index (κ2) is 5.38. The maximum Gasteiger partial charge on any atom is 0.164 e. The molecule has 0 unspecified atom stereocenters. The minimum atomic E-state index is 0.313. The fourth-order valence-electron chi connectivity index (χ4n) is 1.39. The highest BCUT2D eigenvalue weighted by molar-refractivity contribution is 6.34. The number of ether oxygens (including phenoxy) is 1. The van der Waals surface area contributed by atoms with Crippen molar-refractivity contribution in [3.63, 3.8) is 0 Å². The summed E-state index contributed by atoms with van der Waals surface area (Å²) >= 11 is 11.8. The molecule has 1 aromatic heterocycles. The van der Waals surface area contributed by atoms with E-state index in [9.17, 15) is 0 Å². The smallest absolute Gasteiger partial charge is 0.164 e. The minimum absolute atomic E-state index is 0.313. The Bertz CT molecular complexity index is 513. The molecule has 0 N–H and O–H groups in total. The zero-order valence-corrected chi connectivity index (χ0v) is 10.7. The molecule has 0 aliphatic heterocycles. The molecule has 0 radical (unpaired) electrons. The van der Waals surface area contributed by atoms with Crippen molar-refractivity contribution < 1.29 is 4.74 Å². The lowest BCUT2D eigenvalue weighted by Gasteiger charge is -2.08. The van der Waals surface area contributed by atoms with E-state index in [4.69, 9.17) is 27.9 Å². The van der Waals surface area contributed by atoms with Gasteiger partial charge in [0.15, 0.2) is 5.82 Å². The average molecular weight is 272 g/mol. The molecule has 0 saturated heterocycles. The minimum Gasteiger partial charge on any atom is -0.484 e. The Morgan fingerprint density at radius 1 is 1.35 bits per heavy atom. The molecule has 0 amide bonds. The van der Waals surface area contributed by atoms with Crippen LogP contribution in [0.3, 0.4) is 0 Å². The first kappa shape index (κ1) is 12.2. The number of aromatic nitrogens is 3. The van der Waals surface area contributed by atoms with Crippen LogP contribution in [0.5, 0.6) is 5.75 Å². The molecule has 0 spiro atoms. The van der Waals surface area contributed by atoms with Gasteiger partial charge in [-0.2, -0.15) is 5.10 Å². The van der Waals surface area contributed by atoms with Crippen LogP contribution in [0, 0.1) is 0 Å². The lowest BCUT2D eigenvalue weighted by atomic mass is 10.3. The molecular formula is C11H11Cl2N3O. The Balaban J connectivity index is 2.09. The molecule has 17 heavy (non-hydrogen) atoms. The Labute approximate surface area is 109 Å². The first-order valence-electron chi connectivity index (χ1n) is 5.15. The van der Waals surface area contributed by atoms with E-state index in [1.165, 1.54) is 6.33 Å². The fourth-order valence-corrected chi connectivity index (χ4v) is 1.73. The fraction of sp³-hybridized carbons (Fsp3) is 0.273. The number of halogens is 2. The quantitative estimate of drug-likeness (QED) is 0.858. The summed E-state index contributed by atoms with van der Waals surface area (Å²) in [5.41, 5.74) is 0. The summed E-state index contributed by atoms with van der Waals surface area (Å²) in [5, 5.41) is 5.16. The Kier molecular flexibility index (Phi) is 3.86. The lowest BCUT2D eigenvalue weighted by molar-refractivity contribution is 0.287. The number of hydrogen-bond acceptors (Lipinski definition) is 3. The number of rotatable bonds is 4. The van der Waals surface area contributed by atoms with Gasteiger partial charge in [0.2, 0.25) is 0 Å². The van der Waals surface area contributed by atoms with E-state index >= 15 is 0 Å². The van der Waals surface area contributed by atoms with Crippen LogP contribution in [0.1, 0.15) is 12.7 Å². The largest absolute Gasteiger partial charge is 0.484 e. The van der Waals surface area contributed by atoms with Crippen LogP contribution >= 0.6 is 23.2 Å². The normalized spacial score (nSPS) is 10.5. The van der Waals surface area contributed by atoms with E-state index < -0.39 is 0 Å². The predicted octanol–water partition coefficient (Wildman–Crippen LogP) is 3.18. The van der Waals surface area contributed by atoms with Crippen molar-refractivity contribution in [2.45, 2.75) is 20.1 Å². The number of aryl methyl sites for hydroxylation is 1. The number of nitrogens with zero attached hydrogens (tertiary/aromatic N) is 3. The zero-order chi connectivity index (χ0) is 12.3. The second-order valence-electron chi connectivity index (χ2n) is 3.36. The molecule has 0 saturated carbocycles. The summed E-state index contributed by atoms with van der Waals surface area (Å²) in [6.45, 7) is 3.06. The van der Waals surface area contributed by atoms with Crippen molar-refractivity contribution in [3.05, 3.63) is 40.4 Å². The van der Waals surface area contributed by atoms with Crippen LogP contribution in [0.2, 0.25) is 10.0 Å². The highest BCUT2D eigenvalue weighted by atomic mass is 35.5. The Morgan fingerprint density at radius 3 is 2.94 bits per heavy atom. The number of hydrogen-bond donors (Lipinski definition) is 0. The zero-order valence-electron chi connectivity index (χ0n) is 9.23. The van der Waals surface area contributed by atoms with Gasteiger partial charge in [0, 0.05) is 17.6 Å². The van der Waals surface area contributed by atoms with Crippen molar-refractivity contribution in [1.82, 2.24) is 14.8 Å². The van der Waals surface area contributed by atoms with Gasteiger partial charge in [-0.05, 0) is 19.1 Å². The van der Waals surface area contributed by atoms with Crippen LogP contribution < -0.4 is 4.74 Å². The van der Waals surface area contributed by atoms with Gasteiger partial charge in [0.1, 0.15) is 18.7 Å². The van der Waals surface area contributed by atoms with Gasteiger partial charge < -0.3 is 4.74 Å². The molecule has 4 nitrogen and oxygen atoms in total. The van der Waals surface area contributed by atoms with Crippen LogP contribution in [0.4, 0.5) is 0 Å². The topological polar surface area (TPSA) is 39.9 Å². The molecule has 0 atom stereocenters. The summed E-state index contributed by atoms with van der Waals surface area (Å²) in [6.07, 6.45) is 1.50. The van der Waals surface area contributed by atoms with E-state index in [2.05, 4.69) is 10.1 Å². The molecule has 0 aliphatic carbocycles. The summed E-state index contributed by atoms with van der Waals surface area (Å²) in [6, 6.07) is 5.09. The van der Waals surface area contributed by atoms with Crippen LogP contribution in [-0.4, -0.2) is 14.8 Å². The van der Waals surface area contributed by atoms with E-state index in [0.29, 0.717) is 22.4 Å². The van der Waals surface area contributed by atoms with Gasteiger partial charge in [-0.15, -0.1) is 0 Å². The van der Waals surface area contributed by atoms with E-state index in [0.717, 1.165) is 12.4 Å². The summed E-state index contributed by atoms with van der Waals surface area (Å²) in [7, 11) is 0. The Hall–Kier alpha value is -1.26. The van der Waals surface area contributed by atoms with E-state index in [1.807, 2.05) is 6.92 Å². The third-order valence-corrected chi connectivity index (χ3v) is 2.79. The van der Waals surface area contributed by atoms with Crippen molar-refractivity contribution in [2.24, 2.45) is 0 Å².